The molecule has 0 bridgehead atoms. The lowest BCUT2D eigenvalue weighted by atomic mass is 9.72. The molecule has 0 N–H and O–H groups in total. The molecule has 68 heavy (non-hydrogen) atoms. The molecule has 4 unspecified atom stereocenters. The molecular formula is C68H138. The fourth-order valence-electron chi connectivity index (χ4n) is 10.4. The number of hydrogen-bond acceptors (Lipinski definition) is 0. The second-order valence-corrected chi connectivity index (χ2v) is 28.4. The first kappa shape index (κ1) is 68.0. The molecule has 6 atom stereocenters. The molecule has 0 radical (unpaired) electrons. The van der Waals surface area contributed by atoms with E-state index in [0.717, 1.165) is 93.7 Å². The largest absolute Gasteiger partial charge is 0.0654 e. The fourth-order valence-corrected chi connectivity index (χ4v) is 10.4. The van der Waals surface area contributed by atoms with E-state index in [4.69, 9.17) is 0 Å². The van der Waals surface area contributed by atoms with Gasteiger partial charge >= 0.3 is 0 Å². The summed E-state index contributed by atoms with van der Waals surface area (Å²) in [6.45, 7) is 50.7. The minimum absolute atomic E-state index is 0.708. The van der Waals surface area contributed by atoms with Crippen LogP contribution in [0.15, 0.2) is 0 Å². The second-order valence-electron chi connectivity index (χ2n) is 28.4. The van der Waals surface area contributed by atoms with Gasteiger partial charge in [0.25, 0.3) is 0 Å². The van der Waals surface area contributed by atoms with Crippen LogP contribution in [-0.4, -0.2) is 0 Å². The molecule has 0 aliphatic heterocycles. The van der Waals surface area contributed by atoms with Crippen molar-refractivity contribution in [1.29, 1.82) is 0 Å². The predicted molar refractivity (Wildman–Crippen MR) is 315 cm³/mol. The molecule has 0 heteroatoms. The highest BCUT2D eigenvalue weighted by Gasteiger charge is 2.59. The Morgan fingerprint density at radius 2 is 0.824 bits per heavy atom. The number of hydrogen-bond donors (Lipinski definition) is 0. The molecule has 10 saturated carbocycles. The average Bonchev–Trinajstić information content (AvgIpc) is 4.22. The summed E-state index contributed by atoms with van der Waals surface area (Å²) in [5.41, 5.74) is 2.39. The minimum Gasteiger partial charge on any atom is -0.0654 e. The Kier molecular flexibility index (Phi) is 36.8. The van der Waals surface area contributed by atoms with Gasteiger partial charge in [-0.2, -0.15) is 0 Å². The van der Waals surface area contributed by atoms with Gasteiger partial charge in [0.2, 0.25) is 0 Å². The molecule has 10 rings (SSSR count). The third kappa shape index (κ3) is 35.2. The van der Waals surface area contributed by atoms with E-state index < -0.39 is 0 Å². The summed E-state index contributed by atoms with van der Waals surface area (Å²) in [7, 11) is 0. The van der Waals surface area contributed by atoms with Gasteiger partial charge in [-0.05, 0) is 157 Å². The molecule has 10 aliphatic rings. The van der Waals surface area contributed by atoms with E-state index in [2.05, 4.69) is 152 Å². The third-order valence-corrected chi connectivity index (χ3v) is 19.8. The average molecular weight is 956 g/mol. The maximum atomic E-state index is 2.37. The van der Waals surface area contributed by atoms with Crippen LogP contribution in [0.4, 0.5) is 0 Å². The molecule has 0 aromatic rings. The Bertz CT molecular complexity index is 1040. The van der Waals surface area contributed by atoms with Crippen LogP contribution >= 0.6 is 0 Å². The van der Waals surface area contributed by atoms with Crippen molar-refractivity contribution in [1.82, 2.24) is 0 Å². The highest BCUT2D eigenvalue weighted by molar-refractivity contribution is 5.10. The fraction of sp³-hybridized carbons (Fsp3) is 1.00. The lowest BCUT2D eigenvalue weighted by molar-refractivity contribution is 0.190. The van der Waals surface area contributed by atoms with Crippen LogP contribution in [0, 0.1) is 99.1 Å². The molecule has 410 valence electrons. The van der Waals surface area contributed by atoms with Crippen LogP contribution in [0.3, 0.4) is 0 Å². The molecule has 0 aromatic heterocycles. The number of unbranched alkanes of at least 4 members (excludes halogenated alkanes) is 5. The lowest BCUT2D eigenvalue weighted by Gasteiger charge is -2.33. The van der Waals surface area contributed by atoms with Crippen molar-refractivity contribution in [3.8, 4) is 0 Å². The van der Waals surface area contributed by atoms with Crippen molar-refractivity contribution < 1.29 is 0 Å². The first-order chi connectivity index (χ1) is 31.8. The van der Waals surface area contributed by atoms with Gasteiger partial charge in [0.1, 0.15) is 0 Å². The van der Waals surface area contributed by atoms with Gasteiger partial charge in [-0.1, -0.05) is 281 Å². The molecule has 0 nitrogen and oxygen atoms in total. The van der Waals surface area contributed by atoms with Crippen LogP contribution in [-0.2, 0) is 0 Å². The monoisotopic (exact) mass is 955 g/mol. The minimum atomic E-state index is 0.708. The number of rotatable bonds is 9. The van der Waals surface area contributed by atoms with Crippen molar-refractivity contribution in [2.24, 2.45) is 99.1 Å². The Morgan fingerprint density at radius 3 is 0.882 bits per heavy atom. The Labute approximate surface area is 435 Å². The smallest absolute Gasteiger partial charge is 0.0268 e. The second kappa shape index (κ2) is 36.8. The SMILES string of the molecule is CC1(C)CCC1.CC1C(C)C1C.CC1CC(C)C1.CC1CC1(C)C.CC1CCCC1.CC1CC[C@H]1C.CCC1CC1C.CCC1CCC1.CCCCC(C)C.CCCCCCC.C[C@H]1CC12CC2. The van der Waals surface area contributed by atoms with Crippen molar-refractivity contribution in [3.63, 3.8) is 0 Å². The summed E-state index contributed by atoms with van der Waals surface area (Å²) in [6.07, 6.45) is 42.3. The predicted octanol–water partition coefficient (Wildman–Crippen LogP) is 24.3. The molecule has 0 saturated heterocycles. The van der Waals surface area contributed by atoms with Crippen LogP contribution < -0.4 is 0 Å². The van der Waals surface area contributed by atoms with Gasteiger partial charge in [0.15, 0.2) is 0 Å². The summed E-state index contributed by atoms with van der Waals surface area (Å²) in [4.78, 5) is 0. The molecule has 0 aromatic carbocycles. The summed E-state index contributed by atoms with van der Waals surface area (Å²) >= 11 is 0. The zero-order chi connectivity index (χ0) is 52.1. The summed E-state index contributed by atoms with van der Waals surface area (Å²) in [6, 6.07) is 0. The van der Waals surface area contributed by atoms with Crippen molar-refractivity contribution in [2.75, 3.05) is 0 Å². The zero-order valence-corrected chi connectivity index (χ0v) is 52.1. The Hall–Kier alpha value is 0. The maximum Gasteiger partial charge on any atom is -0.0268 e. The lowest BCUT2D eigenvalue weighted by Crippen LogP contribution is -2.20. The van der Waals surface area contributed by atoms with Crippen LogP contribution in [0.5, 0.6) is 0 Å². The molecule has 1 spiro atoms. The maximum absolute atomic E-state index is 2.37. The van der Waals surface area contributed by atoms with Gasteiger partial charge in [0, 0.05) is 0 Å². The summed E-state index contributed by atoms with van der Waals surface area (Å²) < 4.78 is 0. The van der Waals surface area contributed by atoms with Crippen LogP contribution in [0.1, 0.15) is 339 Å². The van der Waals surface area contributed by atoms with E-state index in [1.54, 1.807) is 19.3 Å². The van der Waals surface area contributed by atoms with E-state index in [0.29, 0.717) is 5.41 Å². The zero-order valence-electron chi connectivity index (χ0n) is 52.1. The van der Waals surface area contributed by atoms with Crippen molar-refractivity contribution >= 4 is 0 Å². The highest BCUT2D eigenvalue weighted by atomic mass is 14.6. The Balaban J connectivity index is 0.000000726. The first-order valence-electron chi connectivity index (χ1n) is 31.8. The van der Waals surface area contributed by atoms with E-state index in [9.17, 15) is 0 Å². The first-order valence-corrected chi connectivity index (χ1v) is 31.8. The van der Waals surface area contributed by atoms with Crippen LogP contribution in [0.2, 0.25) is 0 Å². The van der Waals surface area contributed by atoms with Crippen molar-refractivity contribution in [2.45, 2.75) is 339 Å². The molecule has 0 heterocycles. The van der Waals surface area contributed by atoms with Gasteiger partial charge in [0.05, 0.1) is 0 Å². The van der Waals surface area contributed by atoms with Crippen LogP contribution in [0.25, 0.3) is 0 Å². The summed E-state index contributed by atoms with van der Waals surface area (Å²) in [5, 5.41) is 0. The molecule has 0 amide bonds. The molecule has 10 aliphatic carbocycles. The molecular weight excluding hydrogens is 817 g/mol. The molecule has 10 fully saturated rings. The van der Waals surface area contributed by atoms with E-state index in [1.165, 1.54) is 167 Å². The van der Waals surface area contributed by atoms with Gasteiger partial charge < -0.3 is 0 Å². The van der Waals surface area contributed by atoms with E-state index in [1.807, 2.05) is 0 Å². The quantitative estimate of drug-likeness (QED) is 0.202. The highest BCUT2D eigenvalue weighted by Crippen LogP contribution is 2.70. The van der Waals surface area contributed by atoms with Gasteiger partial charge in [-0.3, -0.25) is 0 Å². The standard InChI is InChI=1S/2C7H16.C6H10.8C6H12/c1-4-5-6-7(2)3;1-3-5-7-6-4-2;1-5-4-6(5)2-3-6;1-5-4-6(5,2)3;1-5-3-6(2)4-5;1-6(2)4-3-5-6;1-5-3-4-6(5)2;1-4-5(2)6(4)3;1-6-4-2-3-5-6;1-3-6-4-5(6)2;1-2-6-4-3-5-6/h7H,4-6H2,1-3H3;3-7H2,1-2H3;5H,2-4H2,1H3;5H,4H2,1-3H3;5-6H,3-4H2,1-2H3;3-5H2,1-2H3;5-6H,3-4H2,1-2H3;4-6H,1-3H3;6H,2-5H2,1H3;5-6H,3-4H2,1-2H3;6H,2-5H2,1H3/t;;5-;;;;5-,6?;;;;/m..0...1..../s1. The van der Waals surface area contributed by atoms with Gasteiger partial charge in [-0.15, -0.1) is 0 Å². The van der Waals surface area contributed by atoms with Crippen molar-refractivity contribution in [3.05, 3.63) is 0 Å². The Morgan fingerprint density at radius 1 is 0.426 bits per heavy atom. The van der Waals surface area contributed by atoms with Gasteiger partial charge in [-0.25, -0.2) is 0 Å². The summed E-state index contributed by atoms with van der Waals surface area (Å²) in [5.74, 6) is 14.5. The van der Waals surface area contributed by atoms with E-state index >= 15 is 0 Å². The normalized spacial score (nSPS) is 33.1. The third-order valence-electron chi connectivity index (χ3n) is 19.8. The van der Waals surface area contributed by atoms with E-state index in [-0.39, 0.29) is 0 Å². The topological polar surface area (TPSA) is 0 Å².